The van der Waals surface area contributed by atoms with Crippen LogP contribution in [0.25, 0.3) is 0 Å². The van der Waals surface area contributed by atoms with E-state index in [1.165, 1.54) is 5.56 Å². The summed E-state index contributed by atoms with van der Waals surface area (Å²) in [7, 11) is 0. The number of benzene rings is 1. The predicted octanol–water partition coefficient (Wildman–Crippen LogP) is 1.68. The highest BCUT2D eigenvalue weighted by atomic mass is 16.3. The van der Waals surface area contributed by atoms with E-state index in [-0.39, 0.29) is 11.9 Å². The Morgan fingerprint density at radius 1 is 1.29 bits per heavy atom. The van der Waals surface area contributed by atoms with Crippen LogP contribution in [0.2, 0.25) is 0 Å². The number of nitrogens with zero attached hydrogens (tertiary/aromatic N) is 1. The maximum Gasteiger partial charge on any atom is 0.237 e. The molecule has 114 valence electrons. The molecule has 1 amide bonds. The first-order valence-corrected chi connectivity index (χ1v) is 7.94. The van der Waals surface area contributed by atoms with E-state index in [0.29, 0.717) is 6.54 Å². The number of hydrogen-bond donors (Lipinski definition) is 2. The van der Waals surface area contributed by atoms with Crippen molar-refractivity contribution in [1.82, 2.24) is 10.2 Å². The number of hydrogen-bond acceptors (Lipinski definition) is 3. The molecule has 1 atom stereocenters. The number of amides is 1. The van der Waals surface area contributed by atoms with Gasteiger partial charge in [-0.25, -0.2) is 0 Å². The van der Waals surface area contributed by atoms with Gasteiger partial charge in [0.1, 0.15) is 0 Å². The summed E-state index contributed by atoms with van der Waals surface area (Å²) >= 11 is 0. The van der Waals surface area contributed by atoms with E-state index in [0.717, 1.165) is 45.2 Å². The maximum absolute atomic E-state index is 12.4. The molecule has 1 heterocycles. The van der Waals surface area contributed by atoms with Gasteiger partial charge < -0.3 is 10.4 Å². The molecular formula is C17H24N2O2. The minimum Gasteiger partial charge on any atom is -0.388 e. The normalized spacial score (nSPS) is 24.5. The summed E-state index contributed by atoms with van der Waals surface area (Å²) in [4.78, 5) is 14.6. The molecule has 21 heavy (non-hydrogen) atoms. The van der Waals surface area contributed by atoms with Crippen molar-refractivity contribution >= 4 is 5.91 Å². The molecule has 1 aromatic carbocycles. The summed E-state index contributed by atoms with van der Waals surface area (Å²) in [6.45, 7) is 2.20. The first kappa shape index (κ1) is 14.5. The van der Waals surface area contributed by atoms with Gasteiger partial charge in [0.05, 0.1) is 11.6 Å². The fourth-order valence-corrected chi connectivity index (χ4v) is 3.26. The number of carbonyl (C=O) groups excluding carboxylic acids is 1. The fourth-order valence-electron chi connectivity index (χ4n) is 3.26. The Hall–Kier alpha value is -1.39. The summed E-state index contributed by atoms with van der Waals surface area (Å²) in [5.41, 5.74) is 0.605. The maximum atomic E-state index is 12.4. The number of nitrogens with one attached hydrogen (secondary N) is 1. The van der Waals surface area contributed by atoms with Gasteiger partial charge in [0.2, 0.25) is 5.91 Å². The lowest BCUT2D eigenvalue weighted by Crippen LogP contribution is -2.51. The van der Waals surface area contributed by atoms with E-state index in [9.17, 15) is 9.90 Å². The van der Waals surface area contributed by atoms with Crippen molar-refractivity contribution in [2.45, 2.75) is 50.3 Å². The van der Waals surface area contributed by atoms with Crippen LogP contribution in [-0.4, -0.2) is 40.6 Å². The Kier molecular flexibility index (Phi) is 4.27. The first-order chi connectivity index (χ1) is 10.2. The summed E-state index contributed by atoms with van der Waals surface area (Å²) < 4.78 is 0. The molecule has 0 spiro atoms. The van der Waals surface area contributed by atoms with Gasteiger partial charge in [-0.2, -0.15) is 0 Å². The average molecular weight is 288 g/mol. The van der Waals surface area contributed by atoms with Gasteiger partial charge in [0.25, 0.3) is 0 Å². The van der Waals surface area contributed by atoms with E-state index in [4.69, 9.17) is 0 Å². The summed E-state index contributed by atoms with van der Waals surface area (Å²) in [5, 5.41) is 13.0. The first-order valence-electron chi connectivity index (χ1n) is 7.94. The van der Waals surface area contributed by atoms with Crippen LogP contribution >= 0.6 is 0 Å². The van der Waals surface area contributed by atoms with Crippen LogP contribution in [0.1, 0.15) is 37.7 Å². The highest BCUT2D eigenvalue weighted by molar-refractivity contribution is 5.82. The number of carbonyl (C=O) groups is 1. The number of rotatable bonds is 5. The van der Waals surface area contributed by atoms with Gasteiger partial charge in [-0.1, -0.05) is 30.3 Å². The third-order valence-electron chi connectivity index (χ3n) is 4.77. The van der Waals surface area contributed by atoms with Crippen LogP contribution in [0.3, 0.4) is 0 Å². The lowest BCUT2D eigenvalue weighted by molar-refractivity contribution is -0.128. The molecule has 4 nitrogen and oxygen atoms in total. The van der Waals surface area contributed by atoms with Crippen molar-refractivity contribution in [3.05, 3.63) is 35.9 Å². The highest BCUT2D eigenvalue weighted by Gasteiger charge is 2.36. The average Bonchev–Trinajstić information content (AvgIpc) is 2.92. The van der Waals surface area contributed by atoms with Crippen LogP contribution in [0.4, 0.5) is 0 Å². The monoisotopic (exact) mass is 288 g/mol. The topological polar surface area (TPSA) is 52.6 Å². The minimum absolute atomic E-state index is 0.0473. The lowest BCUT2D eigenvalue weighted by atomic mass is 9.80. The zero-order valence-corrected chi connectivity index (χ0v) is 12.4. The minimum atomic E-state index is -0.640. The van der Waals surface area contributed by atoms with E-state index < -0.39 is 5.60 Å². The molecule has 1 unspecified atom stereocenters. The third-order valence-corrected chi connectivity index (χ3v) is 4.77. The quantitative estimate of drug-likeness (QED) is 0.867. The molecule has 2 aliphatic rings. The Balaban J connectivity index is 1.54. The van der Waals surface area contributed by atoms with Gasteiger partial charge in [0.15, 0.2) is 0 Å². The van der Waals surface area contributed by atoms with Crippen molar-refractivity contribution in [3.8, 4) is 0 Å². The van der Waals surface area contributed by atoms with Crippen molar-refractivity contribution in [2.24, 2.45) is 0 Å². The van der Waals surface area contributed by atoms with Gasteiger partial charge in [-0.05, 0) is 44.2 Å². The molecule has 1 saturated heterocycles. The second kappa shape index (κ2) is 6.16. The van der Waals surface area contributed by atoms with Crippen LogP contribution in [-0.2, 0) is 11.3 Å². The molecule has 2 N–H and O–H groups in total. The molecule has 3 rings (SSSR count). The third kappa shape index (κ3) is 3.44. The Bertz CT molecular complexity index is 485. The predicted molar refractivity (Wildman–Crippen MR) is 81.7 cm³/mol. The van der Waals surface area contributed by atoms with Crippen LogP contribution in [0.5, 0.6) is 0 Å². The molecule has 0 bridgehead atoms. The Morgan fingerprint density at radius 3 is 2.71 bits per heavy atom. The fraction of sp³-hybridized carbons (Fsp3) is 0.588. The molecule has 1 aromatic rings. The molecule has 1 saturated carbocycles. The molecule has 0 radical (unpaired) electrons. The highest BCUT2D eigenvalue weighted by Crippen LogP contribution is 2.30. The number of aliphatic hydroxyl groups is 1. The van der Waals surface area contributed by atoms with Crippen molar-refractivity contribution in [2.75, 3.05) is 13.1 Å². The van der Waals surface area contributed by atoms with Crippen molar-refractivity contribution < 1.29 is 9.90 Å². The summed E-state index contributed by atoms with van der Waals surface area (Å²) in [5.74, 6) is 0.0729. The van der Waals surface area contributed by atoms with Crippen molar-refractivity contribution in [1.29, 1.82) is 0 Å². The molecule has 1 aliphatic carbocycles. The van der Waals surface area contributed by atoms with Gasteiger partial charge in [-0.15, -0.1) is 0 Å². The number of likely N-dealkylation sites (tertiary alicyclic amines) is 1. The van der Waals surface area contributed by atoms with E-state index in [1.807, 2.05) is 18.2 Å². The van der Waals surface area contributed by atoms with E-state index >= 15 is 0 Å². The van der Waals surface area contributed by atoms with Gasteiger partial charge >= 0.3 is 0 Å². The second-order valence-corrected chi connectivity index (χ2v) is 6.41. The SMILES string of the molecule is O=C(NCC1(O)CCC1)C1CCCN1Cc1ccccc1. The van der Waals surface area contributed by atoms with Crippen LogP contribution in [0.15, 0.2) is 30.3 Å². The Morgan fingerprint density at radius 2 is 2.05 bits per heavy atom. The largest absolute Gasteiger partial charge is 0.388 e. The van der Waals surface area contributed by atoms with E-state index in [1.54, 1.807) is 0 Å². The van der Waals surface area contributed by atoms with Gasteiger partial charge in [0, 0.05) is 13.1 Å². The molecule has 1 aliphatic heterocycles. The Labute approximate surface area is 126 Å². The summed E-state index contributed by atoms with van der Waals surface area (Å²) in [6.07, 6.45) is 4.67. The summed E-state index contributed by atoms with van der Waals surface area (Å²) in [6, 6.07) is 10.2. The zero-order valence-electron chi connectivity index (χ0n) is 12.4. The van der Waals surface area contributed by atoms with Crippen molar-refractivity contribution in [3.63, 3.8) is 0 Å². The second-order valence-electron chi connectivity index (χ2n) is 6.41. The van der Waals surface area contributed by atoms with Gasteiger partial charge in [-0.3, -0.25) is 9.69 Å². The molecule has 0 aromatic heterocycles. The molecular weight excluding hydrogens is 264 g/mol. The smallest absolute Gasteiger partial charge is 0.237 e. The zero-order chi connectivity index (χ0) is 14.7. The molecule has 2 fully saturated rings. The van der Waals surface area contributed by atoms with E-state index in [2.05, 4.69) is 22.3 Å². The molecule has 4 heteroatoms. The van der Waals surface area contributed by atoms with Crippen LogP contribution in [0, 0.1) is 0 Å². The lowest BCUT2D eigenvalue weighted by Gasteiger charge is -2.37. The van der Waals surface area contributed by atoms with Crippen LogP contribution < -0.4 is 5.32 Å². The standard InChI is InChI=1S/C17H24N2O2/c20-16(18-13-17(21)9-5-10-17)15-8-4-11-19(15)12-14-6-2-1-3-7-14/h1-3,6-7,15,21H,4-5,8-13H2,(H,18,20).